The number of nitrogens with two attached hydrogens (primary N) is 2. The van der Waals surface area contributed by atoms with E-state index in [9.17, 15) is 24.5 Å². The van der Waals surface area contributed by atoms with Crippen molar-refractivity contribution in [3.8, 4) is 0 Å². The second-order valence-electron chi connectivity index (χ2n) is 8.09. The quantitative estimate of drug-likeness (QED) is 0.169. The number of nitrogens with zero attached hydrogens (tertiary/aromatic N) is 6. The average molecular weight is 512 g/mol. The molecule has 0 spiro atoms. The number of aliphatic hydroxyl groups excluding tert-OH is 5. The normalized spacial score (nSPS) is 29.9. The fourth-order valence-corrected chi connectivity index (χ4v) is 3.90. The van der Waals surface area contributed by atoms with Crippen LogP contribution in [-0.4, -0.2) is 98.3 Å². The number of aliphatic hydroxyl groups is 5. The van der Waals surface area contributed by atoms with E-state index in [1.807, 2.05) is 0 Å². The van der Waals surface area contributed by atoms with Gasteiger partial charge < -0.3 is 46.5 Å². The van der Waals surface area contributed by atoms with Crippen LogP contribution >= 0.6 is 0 Å². The SMILES string of the molecule is Nc1ccn([C@@H]2O[C@H](CO)[C@@H](O)[C@H]2O)c(=O)n1.Nc1nc(F)nc2c1ncn2[C@H]1C[C@H](O)[C@@H](CO)O1. The van der Waals surface area contributed by atoms with Gasteiger partial charge in [-0.15, -0.1) is 0 Å². The van der Waals surface area contributed by atoms with Gasteiger partial charge in [0.05, 0.1) is 25.6 Å². The van der Waals surface area contributed by atoms with E-state index in [0.717, 1.165) is 4.57 Å². The van der Waals surface area contributed by atoms with E-state index in [-0.39, 0.29) is 35.8 Å². The molecular formula is C19H25FN8O8. The van der Waals surface area contributed by atoms with Crippen molar-refractivity contribution in [3.63, 3.8) is 0 Å². The van der Waals surface area contributed by atoms with Crippen LogP contribution in [0.1, 0.15) is 18.9 Å². The maximum absolute atomic E-state index is 13.2. The Labute approximate surface area is 201 Å². The highest BCUT2D eigenvalue weighted by molar-refractivity contribution is 5.81. The molecule has 0 amide bonds. The molecule has 0 aliphatic carbocycles. The molecule has 2 aliphatic heterocycles. The summed E-state index contributed by atoms with van der Waals surface area (Å²) in [5.41, 5.74) is 10.6. The molecule has 0 saturated carbocycles. The molecule has 9 N–H and O–H groups in total. The number of nitrogen functional groups attached to an aromatic ring is 2. The van der Waals surface area contributed by atoms with E-state index in [1.54, 1.807) is 0 Å². The van der Waals surface area contributed by atoms with Gasteiger partial charge in [0, 0.05) is 12.6 Å². The smallest absolute Gasteiger partial charge is 0.351 e. The number of ether oxygens (including phenoxy) is 2. The molecule has 3 aromatic heterocycles. The van der Waals surface area contributed by atoms with Crippen LogP contribution in [0.15, 0.2) is 23.4 Å². The number of aromatic nitrogens is 6. The van der Waals surface area contributed by atoms with Gasteiger partial charge in [0.1, 0.15) is 36.5 Å². The molecule has 3 aromatic rings. The molecule has 0 bridgehead atoms. The van der Waals surface area contributed by atoms with Crippen molar-refractivity contribution in [2.75, 3.05) is 24.7 Å². The van der Waals surface area contributed by atoms with E-state index in [4.69, 9.17) is 31.2 Å². The Kier molecular flexibility index (Phi) is 7.41. The van der Waals surface area contributed by atoms with Crippen molar-refractivity contribution in [1.82, 2.24) is 29.1 Å². The summed E-state index contributed by atoms with van der Waals surface area (Å²) in [5.74, 6) is -0.00324. The monoisotopic (exact) mass is 512 g/mol. The molecule has 7 atom stereocenters. The Hall–Kier alpha value is -3.32. The predicted molar refractivity (Wildman–Crippen MR) is 117 cm³/mol. The first-order valence-electron chi connectivity index (χ1n) is 10.7. The topological polar surface area (TPSA) is 250 Å². The lowest BCUT2D eigenvalue weighted by molar-refractivity contribution is -0.0549. The van der Waals surface area contributed by atoms with E-state index in [0.29, 0.717) is 0 Å². The third-order valence-corrected chi connectivity index (χ3v) is 5.76. The Bertz CT molecular complexity index is 1270. The molecule has 0 radical (unpaired) electrons. The van der Waals surface area contributed by atoms with Gasteiger partial charge in [0.15, 0.2) is 23.2 Å². The number of rotatable bonds is 4. The van der Waals surface area contributed by atoms with E-state index >= 15 is 0 Å². The molecule has 0 aromatic carbocycles. The Morgan fingerprint density at radius 3 is 2.36 bits per heavy atom. The Morgan fingerprint density at radius 2 is 1.75 bits per heavy atom. The second kappa shape index (κ2) is 10.3. The fraction of sp³-hybridized carbons (Fsp3) is 0.526. The maximum atomic E-state index is 13.2. The number of hydrogen-bond donors (Lipinski definition) is 7. The van der Waals surface area contributed by atoms with Crippen LogP contribution < -0.4 is 17.2 Å². The van der Waals surface area contributed by atoms with Crippen LogP contribution in [-0.2, 0) is 9.47 Å². The highest BCUT2D eigenvalue weighted by Crippen LogP contribution is 2.31. The first-order valence-corrected chi connectivity index (χ1v) is 10.7. The molecule has 17 heteroatoms. The highest BCUT2D eigenvalue weighted by Gasteiger charge is 2.43. The van der Waals surface area contributed by atoms with Gasteiger partial charge in [0.2, 0.25) is 0 Å². The zero-order valence-electron chi connectivity index (χ0n) is 18.6. The number of hydrogen-bond acceptors (Lipinski definition) is 14. The maximum Gasteiger partial charge on any atom is 0.351 e. The third kappa shape index (κ3) is 4.85. The van der Waals surface area contributed by atoms with Gasteiger partial charge in [0.25, 0.3) is 0 Å². The van der Waals surface area contributed by atoms with Crippen molar-refractivity contribution >= 4 is 22.8 Å². The van der Waals surface area contributed by atoms with Gasteiger partial charge in [-0.3, -0.25) is 9.13 Å². The number of anilines is 2. The molecule has 196 valence electrons. The minimum Gasteiger partial charge on any atom is -0.394 e. The Balaban J connectivity index is 0.000000170. The minimum atomic E-state index is -1.31. The molecule has 36 heavy (non-hydrogen) atoms. The third-order valence-electron chi connectivity index (χ3n) is 5.76. The van der Waals surface area contributed by atoms with Crippen LogP contribution in [0, 0.1) is 6.08 Å². The van der Waals surface area contributed by atoms with Gasteiger partial charge in [-0.25, -0.2) is 9.78 Å². The molecule has 16 nitrogen and oxygen atoms in total. The fourth-order valence-electron chi connectivity index (χ4n) is 3.90. The van der Waals surface area contributed by atoms with Crippen molar-refractivity contribution in [2.24, 2.45) is 0 Å². The van der Waals surface area contributed by atoms with Crippen molar-refractivity contribution < 1.29 is 39.4 Å². The standard InChI is InChI=1S/C10H12FN5O3.C9H13N3O5/c11-10-14-8(12)7-9(15-10)16(3-13-7)6-1-4(18)5(2-17)19-6;10-5-1-2-12(9(16)11-5)8-7(15)6(14)4(3-13)17-8/h3-6,17-18H,1-2H2,(H2,12,14,15);1-2,4,6-8,13-15H,3H2,(H2,10,11,16)/t4-,5+,6+;4-,6-,7-,8-/m01/s1. The van der Waals surface area contributed by atoms with Crippen LogP contribution in [0.25, 0.3) is 11.2 Å². The summed E-state index contributed by atoms with van der Waals surface area (Å²) < 4.78 is 26.3. The predicted octanol–water partition coefficient (Wildman–Crippen LogP) is -3.37. The lowest BCUT2D eigenvalue weighted by atomic mass is 10.1. The number of fused-ring (bicyclic) bond motifs is 1. The summed E-state index contributed by atoms with van der Waals surface area (Å²) in [5, 5.41) is 46.9. The molecule has 2 saturated heterocycles. The summed E-state index contributed by atoms with van der Waals surface area (Å²) in [6, 6.07) is 1.37. The molecular weight excluding hydrogens is 487 g/mol. The summed E-state index contributed by atoms with van der Waals surface area (Å²) in [7, 11) is 0. The molecule has 5 heterocycles. The van der Waals surface area contributed by atoms with E-state index < -0.39 is 61.4 Å². The molecule has 2 fully saturated rings. The Morgan fingerprint density at radius 1 is 1.03 bits per heavy atom. The summed E-state index contributed by atoms with van der Waals surface area (Å²) in [4.78, 5) is 26.0. The first-order chi connectivity index (χ1) is 17.1. The largest absolute Gasteiger partial charge is 0.394 e. The van der Waals surface area contributed by atoms with Crippen LogP contribution in [0.5, 0.6) is 0 Å². The van der Waals surface area contributed by atoms with Crippen LogP contribution in [0.2, 0.25) is 0 Å². The van der Waals surface area contributed by atoms with Crippen LogP contribution in [0.4, 0.5) is 16.0 Å². The van der Waals surface area contributed by atoms with Gasteiger partial charge >= 0.3 is 11.8 Å². The minimum absolute atomic E-state index is 0.0537. The zero-order chi connectivity index (χ0) is 26.1. The van der Waals surface area contributed by atoms with E-state index in [2.05, 4.69) is 19.9 Å². The molecule has 5 rings (SSSR count). The lowest BCUT2D eigenvalue weighted by Gasteiger charge is -2.16. The average Bonchev–Trinajstić information content (AvgIpc) is 3.50. The van der Waals surface area contributed by atoms with Gasteiger partial charge in [-0.2, -0.15) is 19.3 Å². The number of imidazole rings is 1. The summed E-state index contributed by atoms with van der Waals surface area (Å²) in [6.07, 6.45) is -4.62. The van der Waals surface area contributed by atoms with Crippen molar-refractivity contribution in [3.05, 3.63) is 35.2 Å². The highest BCUT2D eigenvalue weighted by atomic mass is 19.1. The molecule has 2 aliphatic rings. The van der Waals surface area contributed by atoms with E-state index in [1.165, 1.54) is 23.2 Å². The second-order valence-corrected chi connectivity index (χ2v) is 8.09. The van der Waals surface area contributed by atoms with Crippen molar-refractivity contribution in [1.29, 1.82) is 0 Å². The lowest BCUT2D eigenvalue weighted by Crippen LogP contribution is -2.36. The first kappa shape index (κ1) is 25.8. The van der Waals surface area contributed by atoms with Crippen LogP contribution in [0.3, 0.4) is 0 Å². The summed E-state index contributed by atoms with van der Waals surface area (Å²) >= 11 is 0. The zero-order valence-corrected chi connectivity index (χ0v) is 18.6. The molecule has 0 unspecified atom stereocenters. The van der Waals surface area contributed by atoms with Gasteiger partial charge in [-0.1, -0.05) is 0 Å². The van der Waals surface area contributed by atoms with Crippen molar-refractivity contribution in [2.45, 2.75) is 49.4 Å². The number of halogens is 1. The summed E-state index contributed by atoms with van der Waals surface area (Å²) in [6.45, 7) is -0.748. The van der Waals surface area contributed by atoms with Gasteiger partial charge in [-0.05, 0) is 6.07 Å².